The zero-order valence-electron chi connectivity index (χ0n) is 9.93. The smallest absolute Gasteiger partial charge is 0.221 e. The summed E-state index contributed by atoms with van der Waals surface area (Å²) in [5.74, 6) is -2.32. The highest BCUT2D eigenvalue weighted by atomic mass is 16.7. The molecule has 1 aliphatic heterocycles. The molecule has 96 valence electrons. The van der Waals surface area contributed by atoms with E-state index in [-0.39, 0.29) is 0 Å². The number of aliphatic hydroxyl groups is 5. The summed E-state index contributed by atoms with van der Waals surface area (Å²) in [6.45, 7) is 4.13. The lowest BCUT2D eigenvalue weighted by atomic mass is 9.65. The van der Waals surface area contributed by atoms with Crippen LogP contribution in [0.15, 0.2) is 0 Å². The molecule has 0 unspecified atom stereocenters. The first-order chi connectivity index (χ1) is 6.94. The maximum Gasteiger partial charge on any atom is 0.221 e. The van der Waals surface area contributed by atoms with Crippen LogP contribution in [0.25, 0.3) is 0 Å². The van der Waals surface area contributed by atoms with E-state index < -0.39 is 35.3 Å². The molecule has 1 rings (SSSR count). The van der Waals surface area contributed by atoms with Gasteiger partial charge < -0.3 is 30.3 Å². The second-order valence-corrected chi connectivity index (χ2v) is 4.99. The van der Waals surface area contributed by atoms with Gasteiger partial charge in [0.25, 0.3) is 0 Å². The van der Waals surface area contributed by atoms with Crippen LogP contribution in [-0.2, 0) is 4.74 Å². The van der Waals surface area contributed by atoms with Crippen LogP contribution in [-0.4, -0.2) is 60.8 Å². The van der Waals surface area contributed by atoms with E-state index >= 15 is 0 Å². The molecule has 0 aromatic heterocycles. The average molecular weight is 236 g/mol. The highest BCUT2D eigenvalue weighted by Crippen LogP contribution is 2.47. The van der Waals surface area contributed by atoms with Crippen LogP contribution < -0.4 is 0 Å². The molecule has 1 fully saturated rings. The SMILES string of the molecule is C[C@@H]1O[C@](O)(CO)[C@](C)(O)[C@@](C)(O)[C@]1(C)O. The Bertz CT molecular complexity index is 279. The van der Waals surface area contributed by atoms with E-state index in [0.717, 1.165) is 6.92 Å². The van der Waals surface area contributed by atoms with E-state index in [1.165, 1.54) is 20.8 Å². The van der Waals surface area contributed by atoms with Gasteiger partial charge in [0, 0.05) is 0 Å². The average Bonchev–Trinajstić information content (AvgIpc) is 2.14. The molecule has 1 heterocycles. The van der Waals surface area contributed by atoms with Gasteiger partial charge >= 0.3 is 0 Å². The van der Waals surface area contributed by atoms with E-state index in [1.807, 2.05) is 0 Å². The van der Waals surface area contributed by atoms with Crippen molar-refractivity contribution in [3.05, 3.63) is 0 Å². The summed E-state index contributed by atoms with van der Waals surface area (Å²) in [6.07, 6.45) is -0.958. The minimum absolute atomic E-state index is 0.892. The van der Waals surface area contributed by atoms with Gasteiger partial charge in [-0.15, -0.1) is 0 Å². The molecule has 5 N–H and O–H groups in total. The molecule has 6 nitrogen and oxygen atoms in total. The van der Waals surface area contributed by atoms with E-state index in [1.54, 1.807) is 0 Å². The highest BCUT2D eigenvalue weighted by molar-refractivity contribution is 5.17. The minimum Gasteiger partial charge on any atom is -0.391 e. The third-order valence-corrected chi connectivity index (χ3v) is 4.07. The predicted molar refractivity (Wildman–Crippen MR) is 54.5 cm³/mol. The van der Waals surface area contributed by atoms with Crippen LogP contribution in [0.4, 0.5) is 0 Å². The number of rotatable bonds is 1. The lowest BCUT2D eigenvalue weighted by Crippen LogP contribution is -2.81. The van der Waals surface area contributed by atoms with Crippen LogP contribution in [0.1, 0.15) is 27.7 Å². The van der Waals surface area contributed by atoms with Crippen LogP contribution in [0, 0.1) is 0 Å². The molecule has 0 bridgehead atoms. The lowest BCUT2D eigenvalue weighted by molar-refractivity contribution is -0.430. The van der Waals surface area contributed by atoms with Crippen molar-refractivity contribution in [1.82, 2.24) is 0 Å². The van der Waals surface area contributed by atoms with Crippen molar-refractivity contribution < 1.29 is 30.3 Å². The molecule has 1 aliphatic rings. The summed E-state index contributed by atoms with van der Waals surface area (Å²) < 4.78 is 5.03. The molecular formula is C10H20O6. The second-order valence-electron chi connectivity index (χ2n) is 4.99. The van der Waals surface area contributed by atoms with Gasteiger partial charge in [-0.25, -0.2) is 0 Å². The van der Waals surface area contributed by atoms with E-state index in [0.29, 0.717) is 0 Å². The quantitative estimate of drug-likeness (QED) is 0.373. The van der Waals surface area contributed by atoms with Crippen LogP contribution in [0.5, 0.6) is 0 Å². The van der Waals surface area contributed by atoms with Gasteiger partial charge in [-0.2, -0.15) is 0 Å². The van der Waals surface area contributed by atoms with Gasteiger partial charge in [0.05, 0.1) is 6.10 Å². The summed E-state index contributed by atoms with van der Waals surface area (Å²) in [5, 5.41) is 49.5. The Labute approximate surface area is 94.1 Å². The molecule has 0 saturated carbocycles. The summed E-state index contributed by atoms with van der Waals surface area (Å²) >= 11 is 0. The molecule has 0 aromatic rings. The molecule has 0 spiro atoms. The van der Waals surface area contributed by atoms with Gasteiger partial charge in [0.15, 0.2) is 0 Å². The first-order valence-electron chi connectivity index (χ1n) is 5.12. The third-order valence-electron chi connectivity index (χ3n) is 4.07. The Morgan fingerprint density at radius 1 is 1.00 bits per heavy atom. The van der Waals surface area contributed by atoms with Crippen molar-refractivity contribution in [1.29, 1.82) is 0 Å². The van der Waals surface area contributed by atoms with Gasteiger partial charge in [-0.05, 0) is 27.7 Å². The summed E-state index contributed by atoms with van der Waals surface area (Å²) in [5.41, 5.74) is -6.03. The first-order valence-corrected chi connectivity index (χ1v) is 5.12. The van der Waals surface area contributed by atoms with Gasteiger partial charge in [0.2, 0.25) is 5.79 Å². The van der Waals surface area contributed by atoms with Crippen LogP contribution in [0.3, 0.4) is 0 Å². The Morgan fingerprint density at radius 2 is 1.44 bits per heavy atom. The molecule has 0 aromatic carbocycles. The molecule has 1 saturated heterocycles. The second kappa shape index (κ2) is 3.38. The number of ether oxygens (including phenoxy) is 1. The Kier molecular flexibility index (Phi) is 2.92. The largest absolute Gasteiger partial charge is 0.391 e. The molecule has 5 atom stereocenters. The Hall–Kier alpha value is -0.240. The highest BCUT2D eigenvalue weighted by Gasteiger charge is 2.70. The zero-order chi connectivity index (χ0) is 13.0. The topological polar surface area (TPSA) is 110 Å². The summed E-state index contributed by atoms with van der Waals surface area (Å²) in [7, 11) is 0. The van der Waals surface area contributed by atoms with Gasteiger partial charge in [0.1, 0.15) is 23.4 Å². The molecular weight excluding hydrogens is 216 g/mol. The molecule has 0 aliphatic carbocycles. The van der Waals surface area contributed by atoms with E-state index in [4.69, 9.17) is 9.84 Å². The standard InChI is InChI=1S/C10H20O6/c1-6-7(2,12)8(3,13)9(4,14)10(15,5-11)16-6/h6,11-15H,5H2,1-4H3/t6-,7+,8-,9+,10+/m0/s1. The molecule has 0 amide bonds. The van der Waals surface area contributed by atoms with Gasteiger partial charge in [-0.3, -0.25) is 0 Å². The fraction of sp³-hybridized carbons (Fsp3) is 1.00. The monoisotopic (exact) mass is 236 g/mol. The molecule has 16 heavy (non-hydrogen) atoms. The van der Waals surface area contributed by atoms with Crippen LogP contribution in [0.2, 0.25) is 0 Å². The maximum absolute atomic E-state index is 10.2. The van der Waals surface area contributed by atoms with Gasteiger partial charge in [-0.1, -0.05) is 0 Å². The van der Waals surface area contributed by atoms with Crippen molar-refractivity contribution in [3.8, 4) is 0 Å². The summed E-state index contributed by atoms with van der Waals surface area (Å²) in [6, 6.07) is 0. The molecule has 6 heteroatoms. The van der Waals surface area contributed by atoms with Crippen molar-refractivity contribution in [2.24, 2.45) is 0 Å². The van der Waals surface area contributed by atoms with Crippen molar-refractivity contribution in [3.63, 3.8) is 0 Å². The minimum atomic E-state index is -2.32. The van der Waals surface area contributed by atoms with Crippen molar-refractivity contribution >= 4 is 0 Å². The number of aliphatic hydroxyl groups excluding tert-OH is 1. The predicted octanol–water partition coefficient (Wildman–Crippen LogP) is -1.66. The van der Waals surface area contributed by atoms with E-state index in [9.17, 15) is 20.4 Å². The molecule has 0 radical (unpaired) electrons. The van der Waals surface area contributed by atoms with E-state index in [2.05, 4.69) is 0 Å². The Balaban J connectivity index is 3.32. The fourth-order valence-electron chi connectivity index (χ4n) is 1.98. The Morgan fingerprint density at radius 3 is 1.81 bits per heavy atom. The van der Waals surface area contributed by atoms with Crippen molar-refractivity contribution in [2.75, 3.05) is 6.61 Å². The number of hydrogen-bond acceptors (Lipinski definition) is 6. The fourth-order valence-corrected chi connectivity index (χ4v) is 1.98. The maximum atomic E-state index is 10.2. The summed E-state index contributed by atoms with van der Waals surface area (Å²) in [4.78, 5) is 0. The zero-order valence-corrected chi connectivity index (χ0v) is 9.93. The normalized spacial score (nSPS) is 58.7. The van der Waals surface area contributed by atoms with Crippen LogP contribution >= 0.6 is 0 Å². The third kappa shape index (κ3) is 1.35. The first kappa shape index (κ1) is 13.8. The van der Waals surface area contributed by atoms with Crippen molar-refractivity contribution in [2.45, 2.75) is 56.4 Å². The lowest BCUT2D eigenvalue weighted by Gasteiger charge is -2.60. The number of hydrogen-bond donors (Lipinski definition) is 5.